The van der Waals surface area contributed by atoms with Crippen molar-refractivity contribution in [3.05, 3.63) is 46.6 Å². The lowest BCUT2D eigenvalue weighted by molar-refractivity contribution is 0.0762. The number of nitrogens with zero attached hydrogens (tertiary/aromatic N) is 1. The molecule has 0 radical (unpaired) electrons. The molecule has 6 heteroatoms. The van der Waals surface area contributed by atoms with E-state index in [9.17, 15) is 4.79 Å². The van der Waals surface area contributed by atoms with E-state index < -0.39 is 0 Å². The number of fused-ring (bicyclic) bond motifs is 1. The van der Waals surface area contributed by atoms with E-state index in [1.54, 1.807) is 11.8 Å². The lowest BCUT2D eigenvalue weighted by Crippen LogP contribution is -2.39. The molecule has 2 aromatic rings. The highest BCUT2D eigenvalue weighted by Crippen LogP contribution is 2.27. The molecule has 25 heavy (non-hydrogen) atoms. The highest BCUT2D eigenvalue weighted by atomic mass is 32.2. The number of aromatic nitrogens is 1. The average molecular weight is 356 g/mol. The van der Waals surface area contributed by atoms with Crippen molar-refractivity contribution in [2.24, 2.45) is 5.73 Å². The second kappa shape index (κ2) is 7.14. The van der Waals surface area contributed by atoms with Crippen molar-refractivity contribution in [1.29, 1.82) is 0 Å². The Morgan fingerprint density at radius 2 is 2.20 bits per heavy atom. The number of amides is 1. The molecule has 5 nitrogen and oxygen atoms in total. The van der Waals surface area contributed by atoms with Gasteiger partial charge in [0, 0.05) is 46.4 Å². The number of aromatic amines is 1. The quantitative estimate of drug-likeness (QED) is 0.720. The highest BCUT2D eigenvalue weighted by Gasteiger charge is 2.24. The summed E-state index contributed by atoms with van der Waals surface area (Å²) in [5.74, 6) is 0.920. The van der Waals surface area contributed by atoms with Gasteiger partial charge in [-0.05, 0) is 25.0 Å². The minimum absolute atomic E-state index is 0.0498. The van der Waals surface area contributed by atoms with Gasteiger partial charge in [-0.3, -0.25) is 4.79 Å². The van der Waals surface area contributed by atoms with Crippen LogP contribution in [0.1, 0.15) is 36.2 Å². The smallest absolute Gasteiger partial charge is 0.270 e. The molecule has 4 N–H and O–H groups in total. The van der Waals surface area contributed by atoms with Crippen LogP contribution in [0.15, 0.2) is 40.9 Å². The number of carbonyl (C=O) groups is 1. The lowest BCUT2D eigenvalue weighted by Gasteiger charge is -2.30. The fourth-order valence-electron chi connectivity index (χ4n) is 3.28. The maximum absolute atomic E-state index is 12.9. The Labute approximate surface area is 152 Å². The number of H-pyrrole nitrogens is 1. The molecule has 1 aliphatic carbocycles. The Balaban J connectivity index is 1.41. The third kappa shape index (κ3) is 3.55. The Kier molecular flexibility index (Phi) is 4.72. The van der Waals surface area contributed by atoms with E-state index in [4.69, 9.17) is 5.73 Å². The topological polar surface area (TPSA) is 74.2 Å². The molecule has 1 aromatic carbocycles. The number of hydrogen-bond acceptors (Lipinski definition) is 4. The Morgan fingerprint density at radius 3 is 2.96 bits per heavy atom. The number of nitrogens with two attached hydrogens (primary N) is 1. The van der Waals surface area contributed by atoms with Crippen molar-refractivity contribution in [1.82, 2.24) is 15.2 Å². The van der Waals surface area contributed by atoms with E-state index in [0.717, 1.165) is 33.8 Å². The van der Waals surface area contributed by atoms with Crippen molar-refractivity contribution in [3.8, 4) is 0 Å². The summed E-state index contributed by atoms with van der Waals surface area (Å²) in [7, 11) is 0. The fourth-order valence-corrected chi connectivity index (χ4v) is 4.31. The molecule has 2 aliphatic rings. The predicted octanol–water partition coefficient (Wildman–Crippen LogP) is 3.02. The van der Waals surface area contributed by atoms with E-state index in [0.29, 0.717) is 24.8 Å². The number of carbonyl (C=O) groups excluding carboxylic acids is 1. The zero-order valence-electron chi connectivity index (χ0n) is 14.3. The molecule has 0 atom stereocenters. The molecule has 0 unspecified atom stereocenters. The molecular weight excluding hydrogens is 332 g/mol. The maximum Gasteiger partial charge on any atom is 0.270 e. The van der Waals surface area contributed by atoms with Gasteiger partial charge in [0.25, 0.3) is 5.91 Å². The lowest BCUT2D eigenvalue weighted by atomic mass is 9.94. The number of hydrogen-bond donors (Lipinski definition) is 3. The van der Waals surface area contributed by atoms with Gasteiger partial charge in [0.1, 0.15) is 5.69 Å². The number of nitrogens with one attached hydrogen (secondary N) is 2. The van der Waals surface area contributed by atoms with E-state index >= 15 is 0 Å². The fraction of sp³-hybridized carbons (Fsp3) is 0.421. The number of para-hydroxylation sites is 1. The van der Waals surface area contributed by atoms with Crippen molar-refractivity contribution in [3.63, 3.8) is 0 Å². The molecule has 0 saturated heterocycles. The Morgan fingerprint density at radius 1 is 1.36 bits per heavy atom. The maximum atomic E-state index is 12.9. The Hall–Kier alpha value is -1.92. The molecule has 2 heterocycles. The van der Waals surface area contributed by atoms with Crippen LogP contribution in [0.4, 0.5) is 0 Å². The van der Waals surface area contributed by atoms with Crippen molar-refractivity contribution < 1.29 is 4.79 Å². The van der Waals surface area contributed by atoms with Crippen LogP contribution in [0, 0.1) is 0 Å². The summed E-state index contributed by atoms with van der Waals surface area (Å²) >= 11 is 1.74. The van der Waals surface area contributed by atoms with Gasteiger partial charge in [-0.2, -0.15) is 0 Å². The standard InChI is InChI=1S/C19H24N4OS/c20-15-8-9-23(11-18(15)25-12-21-14-5-3-6-14)19(24)17-10-13-4-1-2-7-16(13)22-17/h1-2,4,7,10,14,21-22H,3,5-6,8-9,11-12,20H2. The highest BCUT2D eigenvalue weighted by molar-refractivity contribution is 8.03. The van der Waals surface area contributed by atoms with Crippen molar-refractivity contribution in [2.45, 2.75) is 31.7 Å². The van der Waals surface area contributed by atoms with Gasteiger partial charge in [-0.1, -0.05) is 24.6 Å². The van der Waals surface area contributed by atoms with Gasteiger partial charge in [-0.25, -0.2) is 0 Å². The van der Waals surface area contributed by atoms with Crippen LogP contribution in [0.5, 0.6) is 0 Å². The summed E-state index contributed by atoms with van der Waals surface area (Å²) in [5.41, 5.74) is 8.77. The van der Waals surface area contributed by atoms with Gasteiger partial charge >= 0.3 is 0 Å². The van der Waals surface area contributed by atoms with Gasteiger partial charge in [0.05, 0.1) is 6.54 Å². The zero-order chi connectivity index (χ0) is 17.2. The summed E-state index contributed by atoms with van der Waals surface area (Å²) < 4.78 is 0. The predicted molar refractivity (Wildman–Crippen MR) is 103 cm³/mol. The zero-order valence-corrected chi connectivity index (χ0v) is 15.1. The molecule has 1 saturated carbocycles. The van der Waals surface area contributed by atoms with Crippen molar-refractivity contribution in [2.75, 3.05) is 19.0 Å². The first kappa shape index (κ1) is 16.5. The van der Waals surface area contributed by atoms with E-state index in [1.807, 2.05) is 35.2 Å². The molecule has 1 aromatic heterocycles. The van der Waals surface area contributed by atoms with Crippen LogP contribution < -0.4 is 11.1 Å². The molecule has 1 fully saturated rings. The van der Waals surface area contributed by atoms with Crippen LogP contribution >= 0.6 is 11.8 Å². The summed E-state index contributed by atoms with van der Waals surface area (Å²) in [6.07, 6.45) is 4.64. The van der Waals surface area contributed by atoms with E-state index in [1.165, 1.54) is 19.3 Å². The molecule has 0 spiro atoms. The van der Waals surface area contributed by atoms with Gasteiger partial charge in [0.15, 0.2) is 0 Å². The van der Waals surface area contributed by atoms with E-state index in [-0.39, 0.29) is 5.91 Å². The monoisotopic (exact) mass is 356 g/mol. The molecular formula is C19H24N4OS. The van der Waals surface area contributed by atoms with Crippen LogP contribution in [0.25, 0.3) is 10.9 Å². The molecule has 132 valence electrons. The molecule has 4 rings (SSSR count). The van der Waals surface area contributed by atoms with Gasteiger partial charge < -0.3 is 20.9 Å². The average Bonchev–Trinajstić information content (AvgIpc) is 3.02. The van der Waals surface area contributed by atoms with Crippen molar-refractivity contribution >= 4 is 28.6 Å². The van der Waals surface area contributed by atoms with E-state index in [2.05, 4.69) is 10.3 Å². The third-order valence-electron chi connectivity index (χ3n) is 5.11. The molecule has 1 amide bonds. The summed E-state index contributed by atoms with van der Waals surface area (Å²) in [5, 5.41) is 4.61. The van der Waals surface area contributed by atoms with Gasteiger partial charge in [0.2, 0.25) is 0 Å². The first-order valence-corrected chi connectivity index (χ1v) is 9.90. The van der Waals surface area contributed by atoms with Crippen LogP contribution in [0.3, 0.4) is 0 Å². The first-order valence-electron chi connectivity index (χ1n) is 8.91. The summed E-state index contributed by atoms with van der Waals surface area (Å²) in [6, 6.07) is 10.6. The first-order chi connectivity index (χ1) is 12.2. The van der Waals surface area contributed by atoms with Crippen LogP contribution in [-0.4, -0.2) is 40.8 Å². The largest absolute Gasteiger partial charge is 0.401 e. The second-order valence-corrected chi connectivity index (χ2v) is 7.89. The second-order valence-electron chi connectivity index (χ2n) is 6.82. The minimum atomic E-state index is 0.0498. The molecule has 1 aliphatic heterocycles. The van der Waals surface area contributed by atoms with Gasteiger partial charge in [-0.15, -0.1) is 11.8 Å². The SMILES string of the molecule is NC1=C(SCNC2CCC2)CN(C(=O)c2cc3ccccc3[nH]2)CC1. The number of thioether (sulfide) groups is 1. The Bertz CT molecular complexity index is 776. The minimum Gasteiger partial charge on any atom is -0.401 e. The normalized spacial score (nSPS) is 18.6. The number of benzene rings is 1. The molecule has 0 bridgehead atoms. The summed E-state index contributed by atoms with van der Waals surface area (Å²) in [4.78, 5) is 19.1. The third-order valence-corrected chi connectivity index (χ3v) is 6.17. The van der Waals surface area contributed by atoms with Crippen LogP contribution in [-0.2, 0) is 0 Å². The summed E-state index contributed by atoms with van der Waals surface area (Å²) in [6.45, 7) is 1.29. The van der Waals surface area contributed by atoms with Crippen LogP contribution in [0.2, 0.25) is 0 Å². The number of rotatable bonds is 5.